The maximum absolute atomic E-state index is 9.60. The zero-order chi connectivity index (χ0) is 9.54. The van der Waals surface area contributed by atoms with E-state index >= 15 is 0 Å². The molecule has 1 aliphatic carbocycles. The fourth-order valence-corrected chi connectivity index (χ4v) is 2.10. The quantitative estimate of drug-likeness (QED) is 0.662. The van der Waals surface area contributed by atoms with Crippen LogP contribution in [-0.2, 0) is 6.42 Å². The second-order valence-corrected chi connectivity index (χ2v) is 3.61. The van der Waals surface area contributed by atoms with Gasteiger partial charge in [-0.15, -0.1) is 0 Å². The van der Waals surface area contributed by atoms with Gasteiger partial charge < -0.3 is 5.11 Å². The first kappa shape index (κ1) is 7.63. The SMILES string of the molecule is OC1=CCc2c1ccc1ccccc21. The molecule has 0 unspecified atom stereocenters. The third-order valence-corrected chi connectivity index (χ3v) is 2.82. The van der Waals surface area contributed by atoms with E-state index in [1.807, 2.05) is 24.3 Å². The highest BCUT2D eigenvalue weighted by molar-refractivity contribution is 5.91. The lowest BCUT2D eigenvalue weighted by molar-refractivity contribution is 0.513. The predicted octanol–water partition coefficient (Wildman–Crippen LogP) is 3.29. The lowest BCUT2D eigenvalue weighted by Gasteiger charge is -2.05. The highest BCUT2D eigenvalue weighted by Gasteiger charge is 2.14. The number of fused-ring (bicyclic) bond motifs is 3. The van der Waals surface area contributed by atoms with Gasteiger partial charge in [0.15, 0.2) is 0 Å². The van der Waals surface area contributed by atoms with Crippen molar-refractivity contribution in [1.82, 2.24) is 0 Å². The molecule has 0 aromatic heterocycles. The molecule has 0 saturated heterocycles. The molecule has 0 radical (unpaired) electrons. The first-order valence-electron chi connectivity index (χ1n) is 4.76. The van der Waals surface area contributed by atoms with E-state index in [4.69, 9.17) is 0 Å². The molecule has 68 valence electrons. The third-order valence-electron chi connectivity index (χ3n) is 2.82. The second kappa shape index (κ2) is 2.61. The Balaban J connectivity index is 2.41. The summed E-state index contributed by atoms with van der Waals surface area (Å²) in [6.07, 6.45) is 2.72. The smallest absolute Gasteiger partial charge is 0.119 e. The monoisotopic (exact) mass is 182 g/mol. The molecule has 0 amide bonds. The highest BCUT2D eigenvalue weighted by Crippen LogP contribution is 2.31. The molecule has 2 aromatic rings. The van der Waals surface area contributed by atoms with Crippen LogP contribution in [0.3, 0.4) is 0 Å². The average Bonchev–Trinajstić information content (AvgIpc) is 2.61. The van der Waals surface area contributed by atoms with Crippen LogP contribution >= 0.6 is 0 Å². The van der Waals surface area contributed by atoms with Crippen molar-refractivity contribution in [2.45, 2.75) is 6.42 Å². The Morgan fingerprint density at radius 3 is 2.79 bits per heavy atom. The van der Waals surface area contributed by atoms with E-state index in [0.717, 1.165) is 12.0 Å². The van der Waals surface area contributed by atoms with Gasteiger partial charge in [0.2, 0.25) is 0 Å². The van der Waals surface area contributed by atoms with Crippen LogP contribution in [0, 0.1) is 0 Å². The van der Waals surface area contributed by atoms with Crippen molar-refractivity contribution in [3.8, 4) is 0 Å². The maximum Gasteiger partial charge on any atom is 0.119 e. The summed E-state index contributed by atoms with van der Waals surface area (Å²) in [6, 6.07) is 12.3. The Kier molecular flexibility index (Phi) is 1.42. The molecule has 0 aliphatic heterocycles. The van der Waals surface area contributed by atoms with E-state index < -0.39 is 0 Å². The van der Waals surface area contributed by atoms with Crippen molar-refractivity contribution < 1.29 is 5.11 Å². The molecule has 1 nitrogen and oxygen atoms in total. The predicted molar refractivity (Wildman–Crippen MR) is 58.3 cm³/mol. The number of allylic oxidation sites excluding steroid dienone is 1. The van der Waals surface area contributed by atoms with E-state index in [1.54, 1.807) is 0 Å². The average molecular weight is 182 g/mol. The van der Waals surface area contributed by atoms with Gasteiger partial charge >= 0.3 is 0 Å². The summed E-state index contributed by atoms with van der Waals surface area (Å²) in [5.41, 5.74) is 2.24. The fourth-order valence-electron chi connectivity index (χ4n) is 2.10. The largest absolute Gasteiger partial charge is 0.508 e. The number of benzene rings is 2. The number of aliphatic hydroxyl groups is 1. The second-order valence-electron chi connectivity index (χ2n) is 3.61. The van der Waals surface area contributed by atoms with Crippen LogP contribution in [0.5, 0.6) is 0 Å². The first-order chi connectivity index (χ1) is 6.86. The van der Waals surface area contributed by atoms with Gasteiger partial charge in [-0.3, -0.25) is 0 Å². The molecular formula is C13H10O. The fraction of sp³-hybridized carbons (Fsp3) is 0.0769. The van der Waals surface area contributed by atoms with E-state index in [0.29, 0.717) is 5.76 Å². The minimum absolute atomic E-state index is 0.422. The van der Waals surface area contributed by atoms with E-state index in [-0.39, 0.29) is 0 Å². The molecule has 0 saturated carbocycles. The molecule has 1 N–H and O–H groups in total. The van der Waals surface area contributed by atoms with Crippen LogP contribution in [0.25, 0.3) is 16.5 Å². The summed E-state index contributed by atoms with van der Waals surface area (Å²) in [5.74, 6) is 0.422. The number of rotatable bonds is 0. The standard InChI is InChI=1S/C13H10O/c14-13-8-7-11-10-4-2-1-3-9(10)5-6-12(11)13/h1-6,8,14H,7H2. The molecule has 0 fully saturated rings. The van der Waals surface area contributed by atoms with Crippen LogP contribution in [0.1, 0.15) is 11.1 Å². The van der Waals surface area contributed by atoms with Crippen molar-refractivity contribution >= 4 is 16.5 Å². The summed E-state index contributed by atoms with van der Waals surface area (Å²) in [6.45, 7) is 0. The van der Waals surface area contributed by atoms with Crippen LogP contribution in [-0.4, -0.2) is 5.11 Å². The number of aliphatic hydroxyl groups excluding tert-OH is 1. The first-order valence-corrected chi connectivity index (χ1v) is 4.76. The van der Waals surface area contributed by atoms with Gasteiger partial charge in [0.1, 0.15) is 5.76 Å². The Labute approximate surface area is 82.3 Å². The normalized spacial score (nSPS) is 14.1. The highest BCUT2D eigenvalue weighted by atomic mass is 16.3. The summed E-state index contributed by atoms with van der Waals surface area (Å²) in [4.78, 5) is 0. The molecule has 0 heterocycles. The summed E-state index contributed by atoms with van der Waals surface area (Å²) >= 11 is 0. The molecule has 0 bridgehead atoms. The molecule has 14 heavy (non-hydrogen) atoms. The van der Waals surface area contributed by atoms with Crippen molar-refractivity contribution in [3.63, 3.8) is 0 Å². The van der Waals surface area contributed by atoms with E-state index in [1.165, 1.54) is 16.3 Å². The molecule has 0 atom stereocenters. The molecule has 2 aromatic carbocycles. The van der Waals surface area contributed by atoms with Gasteiger partial charge in [-0.2, -0.15) is 0 Å². The minimum Gasteiger partial charge on any atom is -0.508 e. The van der Waals surface area contributed by atoms with Gasteiger partial charge in [-0.1, -0.05) is 36.4 Å². The van der Waals surface area contributed by atoms with Gasteiger partial charge in [0.25, 0.3) is 0 Å². The van der Waals surface area contributed by atoms with Crippen molar-refractivity contribution in [2.24, 2.45) is 0 Å². The summed E-state index contributed by atoms with van der Waals surface area (Å²) in [7, 11) is 0. The Hall–Kier alpha value is -1.76. The molecule has 3 rings (SSSR count). The summed E-state index contributed by atoms with van der Waals surface area (Å²) in [5, 5.41) is 12.1. The topological polar surface area (TPSA) is 20.2 Å². The molecule has 1 aliphatic rings. The lowest BCUT2D eigenvalue weighted by atomic mass is 10.0. The van der Waals surface area contributed by atoms with Crippen molar-refractivity contribution in [2.75, 3.05) is 0 Å². The van der Waals surface area contributed by atoms with Crippen LogP contribution in [0.4, 0.5) is 0 Å². The summed E-state index contributed by atoms with van der Waals surface area (Å²) < 4.78 is 0. The van der Waals surface area contributed by atoms with Crippen LogP contribution < -0.4 is 0 Å². The Morgan fingerprint density at radius 2 is 1.86 bits per heavy atom. The zero-order valence-corrected chi connectivity index (χ0v) is 7.70. The van der Waals surface area contributed by atoms with Gasteiger partial charge in [-0.25, -0.2) is 0 Å². The third kappa shape index (κ3) is 0.896. The number of hydrogen-bond acceptors (Lipinski definition) is 1. The van der Waals surface area contributed by atoms with Crippen LogP contribution in [0.2, 0.25) is 0 Å². The lowest BCUT2D eigenvalue weighted by Crippen LogP contribution is -1.86. The van der Waals surface area contributed by atoms with Gasteiger partial charge in [0.05, 0.1) is 0 Å². The van der Waals surface area contributed by atoms with Crippen molar-refractivity contribution in [1.29, 1.82) is 0 Å². The molecular weight excluding hydrogens is 172 g/mol. The van der Waals surface area contributed by atoms with Gasteiger partial charge in [-0.05, 0) is 28.8 Å². The van der Waals surface area contributed by atoms with E-state index in [9.17, 15) is 5.11 Å². The van der Waals surface area contributed by atoms with Gasteiger partial charge in [0, 0.05) is 5.56 Å². The Bertz CT molecular complexity index is 538. The van der Waals surface area contributed by atoms with E-state index in [2.05, 4.69) is 18.2 Å². The van der Waals surface area contributed by atoms with Crippen molar-refractivity contribution in [3.05, 3.63) is 53.6 Å². The molecule has 1 heteroatoms. The maximum atomic E-state index is 9.60. The van der Waals surface area contributed by atoms with Crippen LogP contribution in [0.15, 0.2) is 42.5 Å². The Morgan fingerprint density at radius 1 is 1.00 bits per heavy atom. The molecule has 0 spiro atoms. The number of hydrogen-bond donors (Lipinski definition) is 1. The zero-order valence-electron chi connectivity index (χ0n) is 7.70. The minimum atomic E-state index is 0.422.